The largest absolute Gasteiger partial charge is 0.368 e. The van der Waals surface area contributed by atoms with E-state index in [4.69, 9.17) is 5.73 Å². The van der Waals surface area contributed by atoms with E-state index in [0.29, 0.717) is 12.0 Å². The zero-order valence-corrected chi connectivity index (χ0v) is 12.1. The summed E-state index contributed by atoms with van der Waals surface area (Å²) in [6, 6.07) is 2.68. The Balaban J connectivity index is 1.95. The second kappa shape index (κ2) is 5.33. The second-order valence-electron chi connectivity index (χ2n) is 5.30. The summed E-state index contributed by atoms with van der Waals surface area (Å²) in [6.45, 7) is 0. The topological polar surface area (TPSA) is 55.0 Å². The molecule has 1 aliphatic rings. The second-order valence-corrected chi connectivity index (χ2v) is 6.20. The maximum atomic E-state index is 5.84. The Bertz CT molecular complexity index is 558. The molecule has 102 valence electrons. The third-order valence-electron chi connectivity index (χ3n) is 4.03. The SMILES string of the molecule is CN(c1nc(N)nc2sccc12)C1CCCCCC1. The van der Waals surface area contributed by atoms with Crippen LogP contribution in [0.4, 0.5) is 11.8 Å². The molecule has 0 atom stereocenters. The van der Waals surface area contributed by atoms with Crippen LogP contribution in [0.15, 0.2) is 11.4 Å². The van der Waals surface area contributed by atoms with Gasteiger partial charge in [-0.1, -0.05) is 25.7 Å². The standard InChI is InChI=1S/C14H20N4S/c1-18(10-6-4-2-3-5-7-10)12-11-8-9-19-13(11)17-14(15)16-12/h8-10H,2-7H2,1H3,(H2,15,16,17). The fourth-order valence-electron chi connectivity index (χ4n) is 2.94. The minimum absolute atomic E-state index is 0.380. The lowest BCUT2D eigenvalue weighted by atomic mass is 10.1. The summed E-state index contributed by atoms with van der Waals surface area (Å²) >= 11 is 1.63. The molecule has 2 aromatic heterocycles. The predicted molar refractivity (Wildman–Crippen MR) is 81.7 cm³/mol. The van der Waals surface area contributed by atoms with Crippen molar-refractivity contribution in [2.24, 2.45) is 0 Å². The number of rotatable bonds is 2. The van der Waals surface area contributed by atoms with Crippen molar-refractivity contribution < 1.29 is 0 Å². The van der Waals surface area contributed by atoms with E-state index in [-0.39, 0.29) is 0 Å². The van der Waals surface area contributed by atoms with Gasteiger partial charge < -0.3 is 10.6 Å². The Hall–Kier alpha value is -1.36. The van der Waals surface area contributed by atoms with Gasteiger partial charge in [0.05, 0.1) is 5.39 Å². The molecule has 2 aromatic rings. The predicted octanol–water partition coefficient (Wildman–Crippen LogP) is 3.43. The number of nitrogens with two attached hydrogens (primary N) is 1. The molecule has 5 heteroatoms. The number of anilines is 2. The molecular formula is C14H20N4S. The first-order chi connectivity index (χ1) is 9.25. The molecule has 0 amide bonds. The number of aromatic nitrogens is 2. The Kier molecular flexibility index (Phi) is 3.55. The summed E-state index contributed by atoms with van der Waals surface area (Å²) in [5.41, 5.74) is 5.84. The number of hydrogen-bond donors (Lipinski definition) is 1. The number of hydrogen-bond acceptors (Lipinski definition) is 5. The first-order valence-corrected chi connectivity index (χ1v) is 7.87. The summed E-state index contributed by atoms with van der Waals surface area (Å²) in [5.74, 6) is 1.38. The normalized spacial score (nSPS) is 17.5. The highest BCUT2D eigenvalue weighted by molar-refractivity contribution is 7.16. The van der Waals surface area contributed by atoms with Crippen LogP contribution in [-0.2, 0) is 0 Å². The Morgan fingerprint density at radius 3 is 2.68 bits per heavy atom. The van der Waals surface area contributed by atoms with E-state index in [1.54, 1.807) is 11.3 Å². The Labute approximate surface area is 117 Å². The molecule has 0 spiro atoms. The van der Waals surface area contributed by atoms with Gasteiger partial charge in [-0.05, 0) is 24.3 Å². The molecule has 4 nitrogen and oxygen atoms in total. The van der Waals surface area contributed by atoms with Crippen LogP contribution in [0.1, 0.15) is 38.5 Å². The molecule has 0 aliphatic heterocycles. The van der Waals surface area contributed by atoms with Gasteiger partial charge in [-0.15, -0.1) is 11.3 Å². The Morgan fingerprint density at radius 1 is 1.21 bits per heavy atom. The lowest BCUT2D eigenvalue weighted by Crippen LogP contribution is -2.32. The van der Waals surface area contributed by atoms with Gasteiger partial charge in [-0.25, -0.2) is 4.98 Å². The highest BCUT2D eigenvalue weighted by Crippen LogP contribution is 2.31. The lowest BCUT2D eigenvalue weighted by molar-refractivity contribution is 0.550. The minimum atomic E-state index is 0.380. The smallest absolute Gasteiger partial charge is 0.223 e. The summed E-state index contributed by atoms with van der Waals surface area (Å²) in [6.07, 6.45) is 7.89. The fourth-order valence-corrected chi connectivity index (χ4v) is 3.71. The molecule has 2 N–H and O–H groups in total. The molecule has 0 aromatic carbocycles. The van der Waals surface area contributed by atoms with Crippen molar-refractivity contribution in [1.29, 1.82) is 0 Å². The van der Waals surface area contributed by atoms with Crippen molar-refractivity contribution >= 4 is 33.3 Å². The molecule has 19 heavy (non-hydrogen) atoms. The lowest BCUT2D eigenvalue weighted by Gasteiger charge is -2.28. The summed E-state index contributed by atoms with van der Waals surface area (Å²) in [4.78, 5) is 12.1. The van der Waals surface area contributed by atoms with Gasteiger partial charge in [0.1, 0.15) is 10.6 Å². The van der Waals surface area contributed by atoms with Crippen molar-refractivity contribution in [3.63, 3.8) is 0 Å². The van der Waals surface area contributed by atoms with Crippen molar-refractivity contribution in [2.45, 2.75) is 44.6 Å². The molecular weight excluding hydrogens is 256 g/mol. The third kappa shape index (κ3) is 2.52. The molecule has 0 saturated heterocycles. The quantitative estimate of drug-likeness (QED) is 0.854. The highest BCUT2D eigenvalue weighted by Gasteiger charge is 2.20. The zero-order valence-electron chi connectivity index (χ0n) is 11.3. The molecule has 2 heterocycles. The average molecular weight is 276 g/mol. The molecule has 0 unspecified atom stereocenters. The molecule has 0 bridgehead atoms. The molecule has 1 fully saturated rings. The third-order valence-corrected chi connectivity index (χ3v) is 4.84. The number of nitrogen functional groups attached to an aromatic ring is 1. The molecule has 0 radical (unpaired) electrons. The van der Waals surface area contributed by atoms with E-state index in [9.17, 15) is 0 Å². The van der Waals surface area contributed by atoms with E-state index >= 15 is 0 Å². The van der Waals surface area contributed by atoms with E-state index in [1.165, 1.54) is 38.5 Å². The highest BCUT2D eigenvalue weighted by atomic mass is 32.1. The summed E-state index contributed by atoms with van der Waals surface area (Å²) in [7, 11) is 2.15. The maximum absolute atomic E-state index is 5.84. The van der Waals surface area contributed by atoms with Crippen molar-refractivity contribution in [1.82, 2.24) is 9.97 Å². The first-order valence-electron chi connectivity index (χ1n) is 6.99. The summed E-state index contributed by atoms with van der Waals surface area (Å²) < 4.78 is 0. The van der Waals surface area contributed by atoms with Crippen LogP contribution < -0.4 is 10.6 Å². The van der Waals surface area contributed by atoms with Gasteiger partial charge in [-0.3, -0.25) is 0 Å². The van der Waals surface area contributed by atoms with Crippen LogP contribution in [-0.4, -0.2) is 23.1 Å². The number of thiophene rings is 1. The van der Waals surface area contributed by atoms with E-state index in [2.05, 4.69) is 33.4 Å². The average Bonchev–Trinajstić information content (AvgIpc) is 2.70. The Morgan fingerprint density at radius 2 is 1.95 bits per heavy atom. The molecule has 1 saturated carbocycles. The van der Waals surface area contributed by atoms with Crippen molar-refractivity contribution in [2.75, 3.05) is 17.7 Å². The van der Waals surface area contributed by atoms with E-state index < -0.39 is 0 Å². The van der Waals surface area contributed by atoms with Crippen molar-refractivity contribution in [3.8, 4) is 0 Å². The monoisotopic (exact) mass is 276 g/mol. The maximum Gasteiger partial charge on any atom is 0.223 e. The number of fused-ring (bicyclic) bond motifs is 1. The summed E-state index contributed by atoms with van der Waals surface area (Å²) in [5, 5.41) is 3.19. The first kappa shape index (κ1) is 12.7. The van der Waals surface area contributed by atoms with Gasteiger partial charge >= 0.3 is 0 Å². The van der Waals surface area contributed by atoms with E-state index in [1.807, 2.05) is 0 Å². The minimum Gasteiger partial charge on any atom is -0.368 e. The van der Waals surface area contributed by atoms with E-state index in [0.717, 1.165) is 16.0 Å². The van der Waals surface area contributed by atoms with Crippen LogP contribution >= 0.6 is 11.3 Å². The van der Waals surface area contributed by atoms with Gasteiger partial charge in [-0.2, -0.15) is 4.98 Å². The van der Waals surface area contributed by atoms with Crippen LogP contribution in [0.5, 0.6) is 0 Å². The van der Waals surface area contributed by atoms with Crippen LogP contribution in [0, 0.1) is 0 Å². The van der Waals surface area contributed by atoms with Crippen LogP contribution in [0.25, 0.3) is 10.2 Å². The zero-order chi connectivity index (χ0) is 13.2. The van der Waals surface area contributed by atoms with Crippen molar-refractivity contribution in [3.05, 3.63) is 11.4 Å². The molecule has 1 aliphatic carbocycles. The van der Waals surface area contributed by atoms with Gasteiger partial charge in [0, 0.05) is 13.1 Å². The number of nitrogens with zero attached hydrogens (tertiary/aromatic N) is 3. The van der Waals surface area contributed by atoms with Gasteiger partial charge in [0.25, 0.3) is 0 Å². The van der Waals surface area contributed by atoms with Gasteiger partial charge in [0.2, 0.25) is 5.95 Å². The fraction of sp³-hybridized carbons (Fsp3) is 0.571. The van der Waals surface area contributed by atoms with Gasteiger partial charge in [0.15, 0.2) is 0 Å². The van der Waals surface area contributed by atoms with Crippen LogP contribution in [0.2, 0.25) is 0 Å². The van der Waals surface area contributed by atoms with Crippen LogP contribution in [0.3, 0.4) is 0 Å². The molecule has 3 rings (SSSR count).